The van der Waals surface area contributed by atoms with Gasteiger partial charge in [-0.05, 0) is 64.5 Å². The average Bonchev–Trinajstić information content (AvgIpc) is 3.56. The molecule has 1 N–H and O–H groups in total. The highest BCUT2D eigenvalue weighted by Gasteiger charge is 2.54. The van der Waals surface area contributed by atoms with Crippen LogP contribution in [-0.4, -0.2) is 104 Å². The molecule has 3 saturated heterocycles. The van der Waals surface area contributed by atoms with Gasteiger partial charge in [-0.25, -0.2) is 0 Å². The van der Waals surface area contributed by atoms with E-state index < -0.39 is 0 Å². The van der Waals surface area contributed by atoms with E-state index in [2.05, 4.69) is 52.0 Å². The van der Waals surface area contributed by atoms with Crippen LogP contribution in [0.5, 0.6) is 0 Å². The number of aromatic nitrogens is 4. The molecule has 12 heteroatoms. The molecule has 3 aromatic rings. The van der Waals surface area contributed by atoms with Crippen molar-refractivity contribution < 1.29 is 9.59 Å². The summed E-state index contributed by atoms with van der Waals surface area (Å²) >= 11 is 13.8. The van der Waals surface area contributed by atoms with E-state index in [1.807, 2.05) is 22.1 Å². The van der Waals surface area contributed by atoms with Gasteiger partial charge in [-0.15, -0.1) is 0 Å². The molecule has 4 fully saturated rings. The first-order valence-corrected chi connectivity index (χ1v) is 17.2. The Bertz CT molecular complexity index is 1690. The molecule has 4 aliphatic rings. The minimum absolute atomic E-state index is 0.0117. The number of likely N-dealkylation sites (tertiary alicyclic amines) is 1. The number of piperidine rings is 1. The molecule has 1 aliphatic carbocycles. The molecule has 46 heavy (non-hydrogen) atoms. The van der Waals surface area contributed by atoms with Crippen molar-refractivity contribution in [3.05, 3.63) is 40.7 Å². The zero-order valence-electron chi connectivity index (χ0n) is 27.3. The number of amides is 2. The van der Waals surface area contributed by atoms with Gasteiger partial charge in [0.15, 0.2) is 5.82 Å². The molecule has 1 saturated carbocycles. The second-order valence-corrected chi connectivity index (χ2v) is 15.5. The number of nitrogens with zero attached hydrogens (tertiary/aromatic N) is 7. The summed E-state index contributed by atoms with van der Waals surface area (Å²) in [7, 11) is 0. The summed E-state index contributed by atoms with van der Waals surface area (Å²) in [6, 6.07) is 2.09. The smallest absolute Gasteiger partial charge is 0.245 e. The van der Waals surface area contributed by atoms with Crippen molar-refractivity contribution in [1.82, 2.24) is 34.7 Å². The first kappa shape index (κ1) is 31.5. The normalized spacial score (nSPS) is 23.1. The van der Waals surface area contributed by atoms with Crippen molar-refractivity contribution in [3.8, 4) is 11.1 Å². The number of carbonyl (C=O) groups is 2. The predicted molar refractivity (Wildman–Crippen MR) is 182 cm³/mol. The number of halogens is 2. The van der Waals surface area contributed by atoms with Gasteiger partial charge in [0, 0.05) is 92.4 Å². The fraction of sp³-hybridized carbons (Fsp3) is 0.588. The highest BCUT2D eigenvalue weighted by atomic mass is 35.5. The van der Waals surface area contributed by atoms with Gasteiger partial charge < -0.3 is 14.7 Å². The molecule has 2 amide bonds. The molecule has 5 heterocycles. The maximum atomic E-state index is 12.1. The fourth-order valence-corrected chi connectivity index (χ4v) is 9.18. The van der Waals surface area contributed by atoms with Gasteiger partial charge in [0.1, 0.15) is 0 Å². The first-order valence-electron chi connectivity index (χ1n) is 16.5. The van der Waals surface area contributed by atoms with Gasteiger partial charge in [0.25, 0.3) is 0 Å². The summed E-state index contributed by atoms with van der Waals surface area (Å²) in [5.41, 5.74) is 3.82. The number of hydrogen-bond acceptors (Lipinski definition) is 6. The summed E-state index contributed by atoms with van der Waals surface area (Å²) < 4.78 is 2.22. The molecule has 246 valence electrons. The van der Waals surface area contributed by atoms with Crippen LogP contribution in [0, 0.1) is 18.3 Å². The van der Waals surface area contributed by atoms with Crippen LogP contribution in [-0.2, 0) is 9.59 Å². The van der Waals surface area contributed by atoms with Crippen LogP contribution < -0.4 is 4.90 Å². The van der Waals surface area contributed by atoms with Gasteiger partial charge in [-0.2, -0.15) is 10.2 Å². The fourth-order valence-electron chi connectivity index (χ4n) is 8.73. The Hall–Kier alpha value is -3.08. The van der Waals surface area contributed by atoms with Gasteiger partial charge in [0.05, 0.1) is 27.8 Å². The SMILES string of the molecule is C=CC(=O)N1CC2(CC(n3nc(N4CC[C@@H](CN5CCN(C(C)=O)CC5)CC4(C)C)c(-c4c(Cl)c(Cl)cc5[nH]ncc45)c3C)C2)C1. The summed E-state index contributed by atoms with van der Waals surface area (Å²) in [6.07, 6.45) is 7.31. The lowest BCUT2D eigenvalue weighted by Gasteiger charge is -2.58. The Morgan fingerprint density at radius 3 is 2.43 bits per heavy atom. The number of rotatable bonds is 6. The molecule has 10 nitrogen and oxygen atoms in total. The van der Waals surface area contributed by atoms with Gasteiger partial charge in [0.2, 0.25) is 11.8 Å². The molecule has 0 radical (unpaired) electrons. The Labute approximate surface area is 280 Å². The molecule has 1 spiro atoms. The lowest BCUT2D eigenvalue weighted by Crippen LogP contribution is -2.63. The number of aromatic amines is 1. The number of H-pyrrole nitrogens is 1. The third-order valence-electron chi connectivity index (χ3n) is 11.1. The van der Waals surface area contributed by atoms with Crippen LogP contribution in [0.4, 0.5) is 5.82 Å². The van der Waals surface area contributed by atoms with E-state index in [1.165, 1.54) is 6.08 Å². The minimum Gasteiger partial charge on any atom is -0.349 e. The zero-order chi connectivity index (χ0) is 32.5. The van der Waals surface area contributed by atoms with Crippen LogP contribution in [0.15, 0.2) is 24.9 Å². The quantitative estimate of drug-likeness (QED) is 0.347. The lowest BCUT2D eigenvalue weighted by atomic mass is 9.60. The van der Waals surface area contributed by atoms with Gasteiger partial charge in [-0.3, -0.25) is 24.3 Å². The third-order valence-corrected chi connectivity index (χ3v) is 11.9. The minimum atomic E-state index is -0.147. The Kier molecular flexibility index (Phi) is 7.92. The van der Waals surface area contributed by atoms with Crippen LogP contribution in [0.3, 0.4) is 0 Å². The molecular weight excluding hydrogens is 623 g/mol. The monoisotopic (exact) mass is 666 g/mol. The van der Waals surface area contributed by atoms with E-state index in [0.717, 1.165) is 112 Å². The van der Waals surface area contributed by atoms with Crippen molar-refractivity contribution in [2.24, 2.45) is 11.3 Å². The van der Waals surface area contributed by atoms with Crippen LogP contribution in [0.2, 0.25) is 10.0 Å². The predicted octanol–water partition coefficient (Wildman–Crippen LogP) is 5.55. The Balaban J connectivity index is 1.18. The summed E-state index contributed by atoms with van der Waals surface area (Å²) in [5.74, 6) is 1.68. The standard InChI is InChI=1S/C34H44Cl2N8O2/c1-6-28(46)42-19-34(20-42)15-24(16-34)44-21(2)29(30-25-17-37-38-27(25)13-26(35)31(30)36)32(39-44)43-8-7-23(14-33(43,4)5)18-40-9-11-41(12-10-40)22(3)45/h6,13,17,23-24H,1,7-12,14-16,18-20H2,2-5H3,(H,37,38)/t23-/m1/s1. The molecule has 3 aliphatic heterocycles. The molecule has 1 atom stereocenters. The van der Waals surface area contributed by atoms with Crippen molar-refractivity contribution in [2.75, 3.05) is 57.3 Å². The second-order valence-electron chi connectivity index (χ2n) is 14.7. The largest absolute Gasteiger partial charge is 0.349 e. The van der Waals surface area contributed by atoms with Crippen molar-refractivity contribution >= 4 is 51.7 Å². The van der Waals surface area contributed by atoms with Crippen molar-refractivity contribution in [2.45, 2.75) is 65.0 Å². The lowest BCUT2D eigenvalue weighted by molar-refractivity contribution is -0.149. The first-order chi connectivity index (χ1) is 21.9. The van der Waals surface area contributed by atoms with E-state index in [1.54, 1.807) is 6.92 Å². The number of fused-ring (bicyclic) bond motifs is 1. The van der Waals surface area contributed by atoms with Crippen LogP contribution in [0.1, 0.15) is 58.2 Å². The highest BCUT2D eigenvalue weighted by Crippen LogP contribution is 2.56. The van der Waals surface area contributed by atoms with Crippen molar-refractivity contribution in [1.29, 1.82) is 0 Å². The summed E-state index contributed by atoms with van der Waals surface area (Å²) in [4.78, 5) is 32.8. The highest BCUT2D eigenvalue weighted by molar-refractivity contribution is 6.45. The van der Waals surface area contributed by atoms with Gasteiger partial charge in [-0.1, -0.05) is 29.8 Å². The topological polar surface area (TPSA) is 93.6 Å². The number of nitrogens with one attached hydrogen (secondary N) is 1. The van der Waals surface area contributed by atoms with E-state index in [-0.39, 0.29) is 28.8 Å². The maximum absolute atomic E-state index is 12.1. The number of piperazine rings is 1. The molecular formula is C34H44Cl2N8O2. The third kappa shape index (κ3) is 5.30. The van der Waals surface area contributed by atoms with E-state index in [9.17, 15) is 9.59 Å². The number of benzene rings is 1. The molecule has 1 aromatic carbocycles. The number of carbonyl (C=O) groups excluding carboxylic acids is 2. The van der Waals surface area contributed by atoms with E-state index in [4.69, 9.17) is 28.3 Å². The maximum Gasteiger partial charge on any atom is 0.245 e. The molecule has 2 aromatic heterocycles. The molecule has 7 rings (SSSR count). The molecule has 0 bridgehead atoms. The van der Waals surface area contributed by atoms with E-state index in [0.29, 0.717) is 16.0 Å². The number of hydrogen-bond donors (Lipinski definition) is 1. The Morgan fingerprint density at radius 1 is 1.07 bits per heavy atom. The number of anilines is 1. The van der Waals surface area contributed by atoms with Crippen LogP contribution >= 0.6 is 23.2 Å². The summed E-state index contributed by atoms with van der Waals surface area (Å²) in [5, 5.41) is 14.8. The second kappa shape index (κ2) is 11.6. The van der Waals surface area contributed by atoms with E-state index >= 15 is 0 Å². The average molecular weight is 668 g/mol. The molecule has 0 unspecified atom stereocenters. The van der Waals surface area contributed by atoms with Crippen LogP contribution in [0.25, 0.3) is 22.0 Å². The van der Waals surface area contributed by atoms with Gasteiger partial charge >= 0.3 is 0 Å². The van der Waals surface area contributed by atoms with Crippen molar-refractivity contribution in [3.63, 3.8) is 0 Å². The summed E-state index contributed by atoms with van der Waals surface area (Å²) in [6.45, 7) is 19.1. The zero-order valence-corrected chi connectivity index (χ0v) is 28.8. The Morgan fingerprint density at radius 2 is 1.78 bits per heavy atom.